The molecule has 3 N–H and O–H groups in total. The van der Waals surface area contributed by atoms with Gasteiger partial charge in [0.1, 0.15) is 0 Å². The van der Waals surface area contributed by atoms with E-state index >= 15 is 0 Å². The molecule has 0 unspecified atom stereocenters. The highest BCUT2D eigenvalue weighted by Crippen LogP contribution is 2.15. The summed E-state index contributed by atoms with van der Waals surface area (Å²) < 4.78 is 0. The monoisotopic (exact) mass is 237 g/mol. The highest BCUT2D eigenvalue weighted by molar-refractivity contribution is 7.80. The molecule has 0 fully saturated rings. The van der Waals surface area contributed by atoms with Crippen molar-refractivity contribution in [2.24, 2.45) is 11.1 Å². The van der Waals surface area contributed by atoms with Crippen LogP contribution in [0.15, 0.2) is 24.5 Å². The van der Waals surface area contributed by atoms with Gasteiger partial charge in [0, 0.05) is 18.9 Å². The summed E-state index contributed by atoms with van der Waals surface area (Å²) in [5.74, 6) is -0.177. The number of nitrogens with two attached hydrogens (primary N) is 1. The van der Waals surface area contributed by atoms with E-state index < -0.39 is 5.41 Å². The molecule has 86 valence electrons. The smallest absolute Gasteiger partial charge is 0.232 e. The van der Waals surface area contributed by atoms with Crippen LogP contribution in [0, 0.1) is 5.41 Å². The van der Waals surface area contributed by atoms with Crippen molar-refractivity contribution < 1.29 is 4.79 Å². The maximum Gasteiger partial charge on any atom is 0.232 e. The van der Waals surface area contributed by atoms with Crippen LogP contribution in [0.1, 0.15) is 19.4 Å². The molecule has 0 aliphatic rings. The minimum atomic E-state index is -0.822. The number of rotatable bonds is 4. The van der Waals surface area contributed by atoms with Gasteiger partial charge in [0.2, 0.25) is 5.91 Å². The maximum absolute atomic E-state index is 11.8. The van der Waals surface area contributed by atoms with Crippen molar-refractivity contribution >= 4 is 23.1 Å². The molecule has 0 atom stereocenters. The average Bonchev–Trinajstić information content (AvgIpc) is 2.27. The van der Waals surface area contributed by atoms with Crippen molar-refractivity contribution in [3.8, 4) is 0 Å². The number of hydrogen-bond acceptors (Lipinski definition) is 3. The molecule has 0 bridgehead atoms. The lowest BCUT2D eigenvalue weighted by molar-refractivity contribution is -0.126. The first-order chi connectivity index (χ1) is 7.44. The number of thiocarbonyl (C=S) groups is 1. The largest absolute Gasteiger partial charge is 0.392 e. The fourth-order valence-corrected chi connectivity index (χ4v) is 1.11. The van der Waals surface area contributed by atoms with Crippen molar-refractivity contribution in [1.29, 1.82) is 0 Å². The predicted molar refractivity (Wildman–Crippen MR) is 66.7 cm³/mol. The van der Waals surface area contributed by atoms with Crippen LogP contribution in [0.5, 0.6) is 0 Å². The summed E-state index contributed by atoms with van der Waals surface area (Å²) in [7, 11) is 0. The first kappa shape index (κ1) is 12.6. The zero-order chi connectivity index (χ0) is 12.2. The quantitative estimate of drug-likeness (QED) is 0.767. The van der Waals surface area contributed by atoms with Crippen LogP contribution in [0.3, 0.4) is 0 Å². The van der Waals surface area contributed by atoms with E-state index in [-0.39, 0.29) is 10.9 Å². The van der Waals surface area contributed by atoms with E-state index in [9.17, 15) is 4.79 Å². The first-order valence-corrected chi connectivity index (χ1v) is 5.32. The Bertz CT molecular complexity index is 389. The molecular formula is C11H15N3OS. The number of nitrogens with one attached hydrogen (secondary N) is 1. The molecule has 0 saturated carbocycles. The second kappa shape index (κ2) is 5.03. The summed E-state index contributed by atoms with van der Waals surface area (Å²) >= 11 is 4.84. The Morgan fingerprint density at radius 1 is 1.62 bits per heavy atom. The van der Waals surface area contributed by atoms with Crippen LogP contribution in [0.2, 0.25) is 0 Å². The van der Waals surface area contributed by atoms with Crippen molar-refractivity contribution in [2.45, 2.75) is 20.4 Å². The molecule has 0 aliphatic heterocycles. The van der Waals surface area contributed by atoms with Crippen LogP contribution < -0.4 is 11.1 Å². The Hall–Kier alpha value is -1.49. The van der Waals surface area contributed by atoms with Gasteiger partial charge in [0.25, 0.3) is 0 Å². The van der Waals surface area contributed by atoms with Gasteiger partial charge in [-0.1, -0.05) is 18.3 Å². The molecule has 0 aromatic carbocycles. The van der Waals surface area contributed by atoms with Crippen molar-refractivity contribution in [2.75, 3.05) is 0 Å². The molecule has 1 heterocycles. The summed E-state index contributed by atoms with van der Waals surface area (Å²) in [6, 6.07) is 3.71. The van der Waals surface area contributed by atoms with Crippen LogP contribution in [0.4, 0.5) is 0 Å². The lowest BCUT2D eigenvalue weighted by Gasteiger charge is -2.21. The van der Waals surface area contributed by atoms with E-state index in [0.29, 0.717) is 6.54 Å². The lowest BCUT2D eigenvalue weighted by Crippen LogP contribution is -2.44. The second-order valence-electron chi connectivity index (χ2n) is 4.03. The zero-order valence-corrected chi connectivity index (χ0v) is 10.2. The summed E-state index contributed by atoms with van der Waals surface area (Å²) in [6.45, 7) is 3.83. The number of hydrogen-bond donors (Lipinski definition) is 2. The number of aromatic nitrogens is 1. The lowest BCUT2D eigenvalue weighted by atomic mass is 9.92. The Morgan fingerprint density at radius 3 is 2.81 bits per heavy atom. The second-order valence-corrected chi connectivity index (χ2v) is 4.47. The Labute approximate surface area is 100 Å². The van der Waals surface area contributed by atoms with E-state index in [1.54, 1.807) is 26.2 Å². The summed E-state index contributed by atoms with van der Waals surface area (Å²) in [4.78, 5) is 15.9. The minimum absolute atomic E-state index is 0.177. The van der Waals surface area contributed by atoms with Gasteiger partial charge in [-0.05, 0) is 25.5 Å². The fraction of sp³-hybridized carbons (Fsp3) is 0.364. The van der Waals surface area contributed by atoms with Gasteiger partial charge in [-0.15, -0.1) is 0 Å². The molecule has 0 spiro atoms. The number of amides is 1. The number of nitrogens with zero attached hydrogens (tertiary/aromatic N) is 1. The number of pyridine rings is 1. The molecule has 1 rings (SSSR count). The van der Waals surface area contributed by atoms with E-state index in [4.69, 9.17) is 18.0 Å². The summed E-state index contributed by atoms with van der Waals surface area (Å²) in [5.41, 5.74) is 5.62. The van der Waals surface area contributed by atoms with Gasteiger partial charge in [-0.2, -0.15) is 0 Å². The molecule has 4 nitrogen and oxygen atoms in total. The van der Waals surface area contributed by atoms with E-state index in [2.05, 4.69) is 10.3 Å². The van der Waals surface area contributed by atoms with Crippen molar-refractivity contribution in [1.82, 2.24) is 10.3 Å². The normalized spacial score (nSPS) is 10.9. The molecule has 0 saturated heterocycles. The molecule has 1 amide bonds. The third-order valence-electron chi connectivity index (χ3n) is 2.36. The highest BCUT2D eigenvalue weighted by Gasteiger charge is 2.30. The molecule has 16 heavy (non-hydrogen) atoms. The summed E-state index contributed by atoms with van der Waals surface area (Å²) in [5, 5.41) is 2.77. The first-order valence-electron chi connectivity index (χ1n) is 4.91. The third kappa shape index (κ3) is 3.00. The highest BCUT2D eigenvalue weighted by atomic mass is 32.1. The van der Waals surface area contributed by atoms with Crippen molar-refractivity contribution in [3.05, 3.63) is 30.1 Å². The summed E-state index contributed by atoms with van der Waals surface area (Å²) in [6.07, 6.45) is 3.39. The SMILES string of the molecule is CC(C)(C(=O)NCc1cccnc1)C(N)=S. The van der Waals surface area contributed by atoms with E-state index in [1.807, 2.05) is 12.1 Å². The van der Waals surface area contributed by atoms with Gasteiger partial charge in [0.15, 0.2) is 0 Å². The van der Waals surface area contributed by atoms with E-state index in [1.165, 1.54) is 0 Å². The Morgan fingerprint density at radius 2 is 2.31 bits per heavy atom. The van der Waals surface area contributed by atoms with Gasteiger partial charge in [-0.3, -0.25) is 9.78 Å². The van der Waals surface area contributed by atoms with Gasteiger partial charge in [0.05, 0.1) is 10.4 Å². The molecule has 1 aromatic rings. The third-order valence-corrected chi connectivity index (χ3v) is 2.87. The Kier molecular flexibility index (Phi) is 3.95. The van der Waals surface area contributed by atoms with Crippen LogP contribution in [0.25, 0.3) is 0 Å². The van der Waals surface area contributed by atoms with Gasteiger partial charge >= 0.3 is 0 Å². The predicted octanol–water partition coefficient (Wildman–Crippen LogP) is 1.01. The fourth-order valence-electron chi connectivity index (χ4n) is 1.02. The zero-order valence-electron chi connectivity index (χ0n) is 9.36. The molecule has 5 heteroatoms. The van der Waals surface area contributed by atoms with Crippen LogP contribution >= 0.6 is 12.2 Å². The standard InChI is InChI=1S/C11H15N3OS/c1-11(2,9(12)16)10(15)14-7-8-4-3-5-13-6-8/h3-6H,7H2,1-2H3,(H2,12,16)(H,14,15). The van der Waals surface area contributed by atoms with Gasteiger partial charge in [-0.25, -0.2) is 0 Å². The maximum atomic E-state index is 11.8. The average molecular weight is 237 g/mol. The minimum Gasteiger partial charge on any atom is -0.392 e. The van der Waals surface area contributed by atoms with E-state index in [0.717, 1.165) is 5.56 Å². The number of carbonyl (C=O) groups is 1. The van der Waals surface area contributed by atoms with Crippen LogP contribution in [-0.2, 0) is 11.3 Å². The number of carbonyl (C=O) groups excluding carboxylic acids is 1. The topological polar surface area (TPSA) is 68.0 Å². The van der Waals surface area contributed by atoms with Gasteiger partial charge < -0.3 is 11.1 Å². The van der Waals surface area contributed by atoms with Crippen molar-refractivity contribution in [3.63, 3.8) is 0 Å². The Balaban J connectivity index is 2.57. The molecule has 0 aliphatic carbocycles. The molecular weight excluding hydrogens is 222 g/mol. The molecule has 1 aromatic heterocycles. The molecule has 0 radical (unpaired) electrons. The van der Waals surface area contributed by atoms with Crippen LogP contribution in [-0.4, -0.2) is 15.9 Å².